The third-order valence-electron chi connectivity index (χ3n) is 6.02. The van der Waals surface area contributed by atoms with Crippen molar-refractivity contribution in [2.75, 3.05) is 10.8 Å². The first-order chi connectivity index (χ1) is 18.1. The Morgan fingerprint density at radius 1 is 0.947 bits per heavy atom. The molecule has 1 amide bonds. The Balaban J connectivity index is 1.57. The van der Waals surface area contributed by atoms with Crippen LogP contribution in [0.5, 0.6) is 0 Å². The maximum atomic E-state index is 13.5. The molecule has 4 rings (SSSR count). The van der Waals surface area contributed by atoms with E-state index in [1.54, 1.807) is 30.3 Å². The molecule has 196 valence electrons. The van der Waals surface area contributed by atoms with Crippen molar-refractivity contribution in [2.24, 2.45) is 5.10 Å². The summed E-state index contributed by atoms with van der Waals surface area (Å²) in [5.74, 6) is -0.614. The Morgan fingerprint density at radius 2 is 1.63 bits per heavy atom. The number of amides is 1. The average molecular weight is 570 g/mol. The summed E-state index contributed by atoms with van der Waals surface area (Å²) in [6.45, 7) is 5.19. The zero-order chi connectivity index (χ0) is 27.4. The first-order valence-corrected chi connectivity index (χ1v) is 13.9. The fourth-order valence-electron chi connectivity index (χ4n) is 4.03. The van der Waals surface area contributed by atoms with Gasteiger partial charge in [0.05, 0.1) is 27.5 Å². The van der Waals surface area contributed by atoms with Crippen molar-refractivity contribution in [1.82, 2.24) is 9.99 Å². The number of sulfonamides is 1. The van der Waals surface area contributed by atoms with Crippen LogP contribution in [0.15, 0.2) is 88.9 Å². The van der Waals surface area contributed by atoms with Gasteiger partial charge in [-0.15, -0.1) is 0 Å². The van der Waals surface area contributed by atoms with E-state index in [0.29, 0.717) is 10.0 Å². The molecule has 1 heterocycles. The van der Waals surface area contributed by atoms with Crippen molar-refractivity contribution < 1.29 is 13.2 Å². The van der Waals surface area contributed by atoms with Crippen molar-refractivity contribution in [3.63, 3.8) is 0 Å². The molecule has 0 saturated carbocycles. The Labute approximate surface area is 232 Å². The predicted molar refractivity (Wildman–Crippen MR) is 153 cm³/mol. The van der Waals surface area contributed by atoms with E-state index in [0.717, 1.165) is 32.5 Å². The number of nitrogens with zero attached hydrogens (tertiary/aromatic N) is 3. The van der Waals surface area contributed by atoms with E-state index >= 15 is 0 Å². The number of rotatable bonds is 8. The smallest absolute Gasteiger partial charge is 0.264 e. The number of halogens is 2. The largest absolute Gasteiger partial charge is 0.316 e. The number of aromatic nitrogens is 1. The molecule has 0 bridgehead atoms. The molecular weight excluding hydrogens is 543 g/mol. The lowest BCUT2D eigenvalue weighted by atomic mass is 10.2. The average Bonchev–Trinajstić information content (AvgIpc) is 3.17. The van der Waals surface area contributed by atoms with Crippen molar-refractivity contribution in [3.8, 4) is 5.69 Å². The second-order valence-electron chi connectivity index (χ2n) is 8.66. The van der Waals surface area contributed by atoms with Gasteiger partial charge < -0.3 is 4.57 Å². The number of para-hydroxylation sites is 1. The van der Waals surface area contributed by atoms with Gasteiger partial charge in [-0.2, -0.15) is 5.10 Å². The van der Waals surface area contributed by atoms with Gasteiger partial charge in [-0.05, 0) is 68.8 Å². The lowest BCUT2D eigenvalue weighted by Gasteiger charge is -2.24. The summed E-state index contributed by atoms with van der Waals surface area (Å²) in [4.78, 5) is 12.9. The zero-order valence-corrected chi connectivity index (χ0v) is 23.3. The molecule has 0 atom stereocenters. The van der Waals surface area contributed by atoms with Crippen LogP contribution in [0.1, 0.15) is 22.5 Å². The minimum absolute atomic E-state index is 0.0556. The van der Waals surface area contributed by atoms with Crippen LogP contribution in [0, 0.1) is 20.8 Å². The van der Waals surface area contributed by atoms with Crippen LogP contribution in [0.25, 0.3) is 5.69 Å². The van der Waals surface area contributed by atoms with Crippen LogP contribution in [0.2, 0.25) is 10.0 Å². The van der Waals surface area contributed by atoms with Gasteiger partial charge in [0.25, 0.3) is 15.9 Å². The highest BCUT2D eigenvalue weighted by molar-refractivity contribution is 7.92. The maximum Gasteiger partial charge on any atom is 0.264 e. The molecule has 3 aromatic carbocycles. The van der Waals surface area contributed by atoms with Crippen molar-refractivity contribution >= 4 is 51.0 Å². The van der Waals surface area contributed by atoms with E-state index in [-0.39, 0.29) is 10.6 Å². The van der Waals surface area contributed by atoms with Crippen molar-refractivity contribution in [3.05, 3.63) is 111 Å². The number of aryl methyl sites for hydroxylation is 2. The topological polar surface area (TPSA) is 83.8 Å². The molecule has 10 heteroatoms. The maximum absolute atomic E-state index is 13.5. The Bertz CT molecular complexity index is 1620. The molecule has 0 aliphatic carbocycles. The second-order valence-corrected chi connectivity index (χ2v) is 11.3. The molecule has 0 saturated heterocycles. The molecule has 0 fully saturated rings. The lowest BCUT2D eigenvalue weighted by molar-refractivity contribution is -0.119. The van der Waals surface area contributed by atoms with Gasteiger partial charge >= 0.3 is 0 Å². The standard InChI is InChI=1S/C28H26Cl2N4O3S/c1-19-13-14-23(16-26(19)30)33(38(36,37)24-9-5-4-6-10-24)18-28(35)32-31-17-22-15-20(2)34(21(22)3)27-12-8-7-11-25(27)29/h4-17H,18H2,1-3H3,(H,32,35)/b31-17+. The van der Waals surface area contributed by atoms with Gasteiger partial charge in [0.1, 0.15) is 6.54 Å². The molecular formula is C28H26Cl2N4O3S. The number of hydrogen-bond donors (Lipinski definition) is 1. The highest BCUT2D eigenvalue weighted by Crippen LogP contribution is 2.28. The van der Waals surface area contributed by atoms with Gasteiger partial charge in [0.15, 0.2) is 0 Å². The van der Waals surface area contributed by atoms with Crippen LogP contribution in [0.3, 0.4) is 0 Å². The van der Waals surface area contributed by atoms with Crippen LogP contribution in [-0.2, 0) is 14.8 Å². The highest BCUT2D eigenvalue weighted by Gasteiger charge is 2.27. The third kappa shape index (κ3) is 5.78. The summed E-state index contributed by atoms with van der Waals surface area (Å²) in [6.07, 6.45) is 1.52. The first kappa shape index (κ1) is 27.4. The highest BCUT2D eigenvalue weighted by atomic mass is 35.5. The molecule has 38 heavy (non-hydrogen) atoms. The van der Waals surface area contributed by atoms with Crippen molar-refractivity contribution in [1.29, 1.82) is 0 Å². The van der Waals surface area contributed by atoms with E-state index < -0.39 is 22.5 Å². The Morgan fingerprint density at radius 3 is 2.32 bits per heavy atom. The Kier molecular flexibility index (Phi) is 8.26. The molecule has 1 aromatic heterocycles. The predicted octanol–water partition coefficient (Wildman–Crippen LogP) is 6.05. The fraction of sp³-hybridized carbons (Fsp3) is 0.143. The molecule has 0 unspecified atom stereocenters. The quantitative estimate of drug-likeness (QED) is 0.207. The molecule has 1 N–H and O–H groups in total. The number of carbonyl (C=O) groups excluding carboxylic acids is 1. The van der Waals surface area contributed by atoms with Crippen molar-refractivity contribution in [2.45, 2.75) is 25.7 Å². The minimum Gasteiger partial charge on any atom is -0.316 e. The van der Waals surface area contributed by atoms with E-state index in [9.17, 15) is 13.2 Å². The minimum atomic E-state index is -4.05. The van der Waals surface area contributed by atoms with Gasteiger partial charge in [-0.25, -0.2) is 13.8 Å². The van der Waals surface area contributed by atoms with Gasteiger partial charge in [-0.1, -0.05) is 59.6 Å². The molecule has 0 aliphatic heterocycles. The summed E-state index contributed by atoms with van der Waals surface area (Å²) >= 11 is 12.7. The van der Waals surface area contributed by atoms with Gasteiger partial charge in [0, 0.05) is 22.0 Å². The number of hydrazone groups is 1. The molecule has 0 spiro atoms. The number of anilines is 1. The number of nitrogens with one attached hydrogen (secondary N) is 1. The van der Waals surface area contributed by atoms with Gasteiger partial charge in [-0.3, -0.25) is 9.10 Å². The molecule has 7 nitrogen and oxygen atoms in total. The third-order valence-corrected chi connectivity index (χ3v) is 8.53. The Hall–Kier alpha value is -3.59. The first-order valence-electron chi connectivity index (χ1n) is 11.7. The van der Waals surface area contributed by atoms with Gasteiger partial charge in [0.2, 0.25) is 0 Å². The van der Waals surface area contributed by atoms with E-state index in [1.807, 2.05) is 55.7 Å². The lowest BCUT2D eigenvalue weighted by Crippen LogP contribution is -2.39. The fourth-order valence-corrected chi connectivity index (χ4v) is 5.86. The van der Waals surface area contributed by atoms with E-state index in [2.05, 4.69) is 10.5 Å². The summed E-state index contributed by atoms with van der Waals surface area (Å²) in [6, 6.07) is 22.2. The summed E-state index contributed by atoms with van der Waals surface area (Å²) in [5, 5.41) is 5.09. The zero-order valence-electron chi connectivity index (χ0n) is 21.0. The van der Waals surface area contributed by atoms with Crippen LogP contribution >= 0.6 is 23.2 Å². The second kappa shape index (κ2) is 11.4. The van der Waals surface area contributed by atoms with Crippen LogP contribution in [-0.4, -0.2) is 31.7 Å². The summed E-state index contributed by atoms with van der Waals surface area (Å²) < 4.78 is 29.9. The van der Waals surface area contributed by atoms with E-state index in [1.165, 1.54) is 24.4 Å². The molecule has 0 radical (unpaired) electrons. The number of carbonyl (C=O) groups is 1. The SMILES string of the molecule is Cc1ccc(N(CC(=O)N/N=C/c2cc(C)n(-c3ccccc3Cl)c2C)S(=O)(=O)c2ccccc2)cc1Cl. The molecule has 0 aliphatic rings. The van der Waals surface area contributed by atoms with E-state index in [4.69, 9.17) is 23.2 Å². The number of hydrogen-bond acceptors (Lipinski definition) is 4. The normalized spacial score (nSPS) is 11.6. The summed E-state index contributed by atoms with van der Waals surface area (Å²) in [7, 11) is -4.05. The van der Waals surface area contributed by atoms with Crippen LogP contribution in [0.4, 0.5) is 5.69 Å². The monoisotopic (exact) mass is 568 g/mol. The number of benzene rings is 3. The molecule has 4 aromatic rings. The summed E-state index contributed by atoms with van der Waals surface area (Å²) in [5.41, 5.74) is 6.95. The van der Waals surface area contributed by atoms with Crippen LogP contribution < -0.4 is 9.73 Å².